The van der Waals surface area contributed by atoms with E-state index in [2.05, 4.69) is 12.2 Å². The summed E-state index contributed by atoms with van der Waals surface area (Å²) in [5.74, 6) is 0.542. The van der Waals surface area contributed by atoms with Gasteiger partial charge >= 0.3 is 0 Å². The second-order valence-electron chi connectivity index (χ2n) is 3.25. The summed E-state index contributed by atoms with van der Waals surface area (Å²) in [6, 6.07) is 0. The Morgan fingerprint density at radius 3 is 2.91 bits per heavy atom. The molecule has 0 saturated heterocycles. The average Bonchev–Trinajstić information content (AvgIpc) is 2.36. The first-order valence-electron chi connectivity index (χ1n) is 4.27. The van der Waals surface area contributed by atoms with Crippen LogP contribution in [0.1, 0.15) is 26.2 Å². The van der Waals surface area contributed by atoms with E-state index >= 15 is 0 Å². The van der Waals surface area contributed by atoms with Crippen LogP contribution in [-0.2, 0) is 0 Å². The van der Waals surface area contributed by atoms with E-state index in [1.54, 1.807) is 7.05 Å². The Hall–Kier alpha value is -0.370. The minimum absolute atomic E-state index is 0.0671. The molecule has 1 aliphatic rings. The van der Waals surface area contributed by atoms with Crippen molar-refractivity contribution in [2.75, 3.05) is 13.6 Å². The molecule has 1 saturated carbocycles. The maximum atomic E-state index is 13.2. The highest BCUT2D eigenvalue weighted by Gasteiger charge is 2.19. The summed E-state index contributed by atoms with van der Waals surface area (Å²) in [5.41, 5.74) is 1.04. The van der Waals surface area contributed by atoms with Crippen LogP contribution in [0.3, 0.4) is 0 Å². The van der Waals surface area contributed by atoms with Gasteiger partial charge in [-0.05, 0) is 37.8 Å². The Balaban J connectivity index is 2.60. The number of hydrogen-bond acceptors (Lipinski definition) is 1. The fourth-order valence-electron chi connectivity index (χ4n) is 1.69. The van der Waals surface area contributed by atoms with Crippen LogP contribution in [0.2, 0.25) is 0 Å². The molecule has 0 amide bonds. The number of nitrogens with one attached hydrogen (secondary N) is 1. The maximum absolute atomic E-state index is 13.2. The number of likely N-dealkylation sites (N-methyl/N-ethyl adjacent to an activating group) is 1. The van der Waals surface area contributed by atoms with Gasteiger partial charge in [0.25, 0.3) is 0 Å². The smallest absolute Gasteiger partial charge is 0.113 e. The standard InChI is InChI=1S/C9H16FN/c1-7-4-3-5-8(7)9(10)6-11-2/h7,11H,3-6H2,1-2H3/b9-8+/t7-/m1/s1. The highest BCUT2D eigenvalue weighted by molar-refractivity contribution is 5.15. The predicted octanol–water partition coefficient (Wildman–Crippen LogP) is 2.25. The zero-order valence-corrected chi connectivity index (χ0v) is 7.28. The van der Waals surface area contributed by atoms with Gasteiger partial charge in [0.1, 0.15) is 5.83 Å². The molecule has 0 aromatic heterocycles. The molecule has 64 valence electrons. The molecular weight excluding hydrogens is 141 g/mol. The molecule has 1 rings (SSSR count). The summed E-state index contributed by atoms with van der Waals surface area (Å²) in [5, 5.41) is 2.83. The van der Waals surface area contributed by atoms with Gasteiger partial charge in [-0.3, -0.25) is 0 Å². The Morgan fingerprint density at radius 1 is 1.73 bits per heavy atom. The molecule has 1 N–H and O–H groups in total. The molecule has 2 heteroatoms. The topological polar surface area (TPSA) is 12.0 Å². The molecule has 0 radical (unpaired) electrons. The highest BCUT2D eigenvalue weighted by atomic mass is 19.1. The fraction of sp³-hybridized carbons (Fsp3) is 0.778. The summed E-state index contributed by atoms with van der Waals surface area (Å²) in [6.07, 6.45) is 3.29. The van der Waals surface area contributed by atoms with Gasteiger partial charge < -0.3 is 5.32 Å². The third-order valence-electron chi connectivity index (χ3n) is 2.36. The number of rotatable bonds is 2. The summed E-state index contributed by atoms with van der Waals surface area (Å²) < 4.78 is 13.2. The van der Waals surface area contributed by atoms with E-state index in [1.807, 2.05) is 0 Å². The van der Waals surface area contributed by atoms with Crippen LogP contribution in [0, 0.1) is 5.92 Å². The lowest BCUT2D eigenvalue weighted by Crippen LogP contribution is -2.10. The van der Waals surface area contributed by atoms with Crippen molar-refractivity contribution in [3.05, 3.63) is 11.4 Å². The van der Waals surface area contributed by atoms with Gasteiger partial charge in [0.05, 0.1) is 0 Å². The van der Waals surface area contributed by atoms with Crippen molar-refractivity contribution in [3.63, 3.8) is 0 Å². The van der Waals surface area contributed by atoms with Crippen LogP contribution in [0.25, 0.3) is 0 Å². The van der Waals surface area contributed by atoms with Gasteiger partial charge in [-0.2, -0.15) is 0 Å². The normalized spacial score (nSPS) is 29.2. The second kappa shape index (κ2) is 3.86. The van der Waals surface area contributed by atoms with E-state index < -0.39 is 0 Å². The van der Waals surface area contributed by atoms with Crippen molar-refractivity contribution in [1.82, 2.24) is 5.32 Å². The first kappa shape index (κ1) is 8.72. The highest BCUT2D eigenvalue weighted by Crippen LogP contribution is 2.32. The van der Waals surface area contributed by atoms with Crippen molar-refractivity contribution < 1.29 is 4.39 Å². The monoisotopic (exact) mass is 157 g/mol. The van der Waals surface area contributed by atoms with Gasteiger partial charge in [-0.15, -0.1) is 0 Å². The largest absolute Gasteiger partial charge is 0.314 e. The first-order valence-corrected chi connectivity index (χ1v) is 4.27. The first-order chi connectivity index (χ1) is 5.25. The summed E-state index contributed by atoms with van der Waals surface area (Å²) in [6.45, 7) is 2.51. The van der Waals surface area contributed by atoms with Gasteiger partial charge in [0, 0.05) is 6.54 Å². The minimum Gasteiger partial charge on any atom is -0.314 e. The van der Waals surface area contributed by atoms with E-state index in [9.17, 15) is 4.39 Å². The molecule has 1 nitrogen and oxygen atoms in total. The van der Waals surface area contributed by atoms with E-state index in [0.717, 1.165) is 24.8 Å². The zero-order valence-electron chi connectivity index (χ0n) is 7.28. The van der Waals surface area contributed by atoms with Crippen LogP contribution in [0.5, 0.6) is 0 Å². The molecule has 0 aromatic rings. The van der Waals surface area contributed by atoms with Crippen LogP contribution in [-0.4, -0.2) is 13.6 Å². The van der Waals surface area contributed by atoms with Gasteiger partial charge in [0.2, 0.25) is 0 Å². The van der Waals surface area contributed by atoms with E-state index in [0.29, 0.717) is 12.5 Å². The Labute approximate surface area is 67.7 Å². The molecule has 0 unspecified atom stereocenters. The van der Waals surface area contributed by atoms with Crippen molar-refractivity contribution in [2.45, 2.75) is 26.2 Å². The quantitative estimate of drug-likeness (QED) is 0.648. The fourth-order valence-corrected chi connectivity index (χ4v) is 1.69. The predicted molar refractivity (Wildman–Crippen MR) is 45.1 cm³/mol. The molecule has 11 heavy (non-hydrogen) atoms. The third kappa shape index (κ3) is 2.03. The van der Waals surface area contributed by atoms with Crippen LogP contribution in [0.15, 0.2) is 11.4 Å². The van der Waals surface area contributed by atoms with Gasteiger partial charge in [-0.1, -0.05) is 6.92 Å². The maximum Gasteiger partial charge on any atom is 0.113 e. The summed E-state index contributed by atoms with van der Waals surface area (Å²) in [7, 11) is 1.78. The molecule has 1 aliphatic carbocycles. The number of hydrogen-bond donors (Lipinski definition) is 1. The lowest BCUT2D eigenvalue weighted by molar-refractivity contribution is 0.557. The van der Waals surface area contributed by atoms with E-state index in [1.165, 1.54) is 0 Å². The molecule has 0 spiro atoms. The lowest BCUT2D eigenvalue weighted by Gasteiger charge is -2.06. The second-order valence-corrected chi connectivity index (χ2v) is 3.25. The van der Waals surface area contributed by atoms with Gasteiger partial charge in [-0.25, -0.2) is 4.39 Å². The lowest BCUT2D eigenvalue weighted by atomic mass is 10.0. The molecule has 0 heterocycles. The number of halogens is 1. The average molecular weight is 157 g/mol. The van der Waals surface area contributed by atoms with Crippen molar-refractivity contribution >= 4 is 0 Å². The minimum atomic E-state index is 0.0671. The van der Waals surface area contributed by atoms with E-state index in [-0.39, 0.29) is 5.83 Å². The van der Waals surface area contributed by atoms with Gasteiger partial charge in [0.15, 0.2) is 0 Å². The van der Waals surface area contributed by atoms with Crippen LogP contribution < -0.4 is 5.32 Å². The van der Waals surface area contributed by atoms with Crippen molar-refractivity contribution in [2.24, 2.45) is 5.92 Å². The molecule has 0 bridgehead atoms. The zero-order chi connectivity index (χ0) is 8.27. The molecule has 0 aliphatic heterocycles. The SMILES string of the molecule is CNC/C(F)=C1/CCC[C@H]1C. The van der Waals surface area contributed by atoms with Crippen molar-refractivity contribution in [1.29, 1.82) is 0 Å². The molecular formula is C9H16FN. The third-order valence-corrected chi connectivity index (χ3v) is 2.36. The van der Waals surface area contributed by atoms with E-state index in [4.69, 9.17) is 0 Å². The summed E-state index contributed by atoms with van der Waals surface area (Å²) in [4.78, 5) is 0. The molecule has 1 fully saturated rings. The van der Waals surface area contributed by atoms with Crippen LogP contribution in [0.4, 0.5) is 4.39 Å². The Kier molecular flexibility index (Phi) is 3.06. The Bertz CT molecular complexity index is 163. The summed E-state index contributed by atoms with van der Waals surface area (Å²) >= 11 is 0. The van der Waals surface area contributed by atoms with Crippen molar-refractivity contribution in [3.8, 4) is 0 Å². The molecule has 1 atom stereocenters. The van der Waals surface area contributed by atoms with Crippen LogP contribution >= 0.6 is 0 Å². The molecule has 0 aromatic carbocycles. The number of allylic oxidation sites excluding steroid dienone is 1. The Morgan fingerprint density at radius 2 is 2.45 bits per heavy atom.